The zero-order valence-corrected chi connectivity index (χ0v) is 17.5. The van der Waals surface area contributed by atoms with Crippen molar-refractivity contribution in [2.75, 3.05) is 18.4 Å². The summed E-state index contributed by atoms with van der Waals surface area (Å²) in [6, 6.07) is 4.93. The Hall–Kier alpha value is -2.46. The highest BCUT2D eigenvalue weighted by Gasteiger charge is 2.34. The Labute approximate surface area is 170 Å². The van der Waals surface area contributed by atoms with Crippen LogP contribution in [0.1, 0.15) is 33.6 Å². The highest BCUT2D eigenvalue weighted by molar-refractivity contribution is 7.89. The SMILES string of the molecule is CC(=O)Nc1ccc(S(=O)(=O)N2CCC(C(=O)NC(C(=O)O)C(C)C)CC2)cc1. The van der Waals surface area contributed by atoms with Crippen molar-refractivity contribution in [1.29, 1.82) is 0 Å². The molecule has 1 aliphatic heterocycles. The van der Waals surface area contributed by atoms with Crippen LogP contribution >= 0.6 is 0 Å². The molecule has 3 N–H and O–H groups in total. The fourth-order valence-electron chi connectivity index (χ4n) is 3.21. The smallest absolute Gasteiger partial charge is 0.326 e. The van der Waals surface area contributed by atoms with Crippen molar-refractivity contribution >= 4 is 33.5 Å². The van der Waals surface area contributed by atoms with Gasteiger partial charge in [-0.3, -0.25) is 9.59 Å². The Morgan fingerprint density at radius 2 is 1.66 bits per heavy atom. The number of nitrogens with one attached hydrogen (secondary N) is 2. The van der Waals surface area contributed by atoms with Crippen LogP contribution in [0.25, 0.3) is 0 Å². The molecule has 2 rings (SSSR count). The molecule has 0 bridgehead atoms. The maximum absolute atomic E-state index is 12.8. The van der Waals surface area contributed by atoms with Crippen molar-refractivity contribution in [3.8, 4) is 0 Å². The first-order valence-corrected chi connectivity index (χ1v) is 10.9. The summed E-state index contributed by atoms with van der Waals surface area (Å²) in [5.74, 6) is -2.37. The molecule has 1 fully saturated rings. The molecule has 0 spiro atoms. The standard InChI is InChI=1S/C19H27N3O6S/c1-12(2)17(19(25)26)21-18(24)14-8-10-22(11-9-14)29(27,28)16-6-4-15(5-7-16)20-13(3)23/h4-7,12,14,17H,8-11H2,1-3H3,(H,20,23)(H,21,24)(H,25,26). The van der Waals surface area contributed by atoms with Gasteiger partial charge in [-0.05, 0) is 43.0 Å². The Bertz CT molecular complexity index is 858. The number of carbonyl (C=O) groups is 3. The summed E-state index contributed by atoms with van der Waals surface area (Å²) in [6.45, 7) is 5.14. The van der Waals surface area contributed by atoms with Crippen LogP contribution in [0.15, 0.2) is 29.2 Å². The summed E-state index contributed by atoms with van der Waals surface area (Å²) in [4.78, 5) is 34.8. The van der Waals surface area contributed by atoms with Crippen LogP contribution in [0.5, 0.6) is 0 Å². The first-order chi connectivity index (χ1) is 13.5. The van der Waals surface area contributed by atoms with Gasteiger partial charge in [-0.15, -0.1) is 0 Å². The van der Waals surface area contributed by atoms with Crippen molar-refractivity contribution < 1.29 is 27.9 Å². The number of anilines is 1. The third kappa shape index (κ3) is 5.77. The molecular weight excluding hydrogens is 398 g/mol. The third-order valence-electron chi connectivity index (χ3n) is 4.87. The van der Waals surface area contributed by atoms with E-state index in [1.807, 2.05) is 0 Å². The normalized spacial score (nSPS) is 17.0. The van der Waals surface area contributed by atoms with Crippen LogP contribution in [-0.4, -0.2) is 54.7 Å². The molecule has 160 valence electrons. The number of carboxylic acids is 1. The summed E-state index contributed by atoms with van der Waals surface area (Å²) < 4.78 is 26.9. The molecule has 1 atom stereocenters. The second-order valence-electron chi connectivity index (χ2n) is 7.45. The number of piperidine rings is 1. The van der Waals surface area contributed by atoms with Crippen LogP contribution in [0.4, 0.5) is 5.69 Å². The van der Waals surface area contributed by atoms with Gasteiger partial charge < -0.3 is 15.7 Å². The summed E-state index contributed by atoms with van der Waals surface area (Å²) >= 11 is 0. The number of hydrogen-bond donors (Lipinski definition) is 3. The first-order valence-electron chi connectivity index (χ1n) is 9.43. The van der Waals surface area contributed by atoms with Crippen molar-refractivity contribution in [2.24, 2.45) is 11.8 Å². The number of amides is 2. The fraction of sp³-hybridized carbons (Fsp3) is 0.526. The van der Waals surface area contributed by atoms with E-state index in [0.29, 0.717) is 18.5 Å². The summed E-state index contributed by atoms with van der Waals surface area (Å²) in [5.41, 5.74) is 0.505. The Balaban J connectivity index is 1.99. The third-order valence-corrected chi connectivity index (χ3v) is 6.78. The molecule has 1 unspecified atom stereocenters. The molecule has 2 amide bonds. The molecule has 1 aromatic carbocycles. The Kier molecular flexibility index (Phi) is 7.37. The van der Waals surface area contributed by atoms with Gasteiger partial charge in [0, 0.05) is 31.6 Å². The average molecular weight is 426 g/mol. The zero-order chi connectivity index (χ0) is 21.8. The molecule has 10 heteroatoms. The highest BCUT2D eigenvalue weighted by atomic mass is 32.2. The number of carbonyl (C=O) groups excluding carboxylic acids is 2. The van der Waals surface area contributed by atoms with Crippen molar-refractivity contribution in [2.45, 2.75) is 44.6 Å². The molecule has 1 saturated heterocycles. The monoisotopic (exact) mass is 425 g/mol. The molecule has 1 aliphatic rings. The van der Waals surface area contributed by atoms with E-state index in [4.69, 9.17) is 0 Å². The molecule has 1 heterocycles. The maximum atomic E-state index is 12.8. The molecule has 0 aliphatic carbocycles. The number of nitrogens with zero attached hydrogens (tertiary/aromatic N) is 1. The van der Waals surface area contributed by atoms with Gasteiger partial charge >= 0.3 is 5.97 Å². The topological polar surface area (TPSA) is 133 Å². The first kappa shape index (κ1) is 22.8. The molecular formula is C19H27N3O6S. The maximum Gasteiger partial charge on any atom is 0.326 e. The van der Waals surface area contributed by atoms with Gasteiger partial charge in [-0.25, -0.2) is 13.2 Å². The van der Waals surface area contributed by atoms with Crippen LogP contribution in [-0.2, 0) is 24.4 Å². The van der Waals surface area contributed by atoms with E-state index in [9.17, 15) is 27.9 Å². The number of aliphatic carboxylic acids is 1. The highest BCUT2D eigenvalue weighted by Crippen LogP contribution is 2.25. The lowest BCUT2D eigenvalue weighted by atomic mass is 9.95. The zero-order valence-electron chi connectivity index (χ0n) is 16.7. The molecule has 0 radical (unpaired) electrons. The summed E-state index contributed by atoms with van der Waals surface area (Å²) in [7, 11) is -3.71. The minimum atomic E-state index is -3.71. The largest absolute Gasteiger partial charge is 0.480 e. The van der Waals surface area contributed by atoms with E-state index in [1.165, 1.54) is 35.5 Å². The van der Waals surface area contributed by atoms with E-state index >= 15 is 0 Å². The van der Waals surface area contributed by atoms with E-state index < -0.39 is 28.0 Å². The van der Waals surface area contributed by atoms with Crippen LogP contribution in [0.2, 0.25) is 0 Å². The molecule has 0 aromatic heterocycles. The molecule has 9 nitrogen and oxygen atoms in total. The van der Waals surface area contributed by atoms with Gasteiger partial charge in [0.25, 0.3) is 0 Å². The Morgan fingerprint density at radius 1 is 1.10 bits per heavy atom. The summed E-state index contributed by atoms with van der Waals surface area (Å²) in [6.07, 6.45) is 0.638. The fourth-order valence-corrected chi connectivity index (χ4v) is 4.68. The number of benzene rings is 1. The lowest BCUT2D eigenvalue weighted by molar-refractivity contribution is -0.144. The summed E-state index contributed by atoms with van der Waals surface area (Å²) in [5, 5.41) is 14.3. The number of rotatable bonds is 7. The molecule has 0 saturated carbocycles. The molecule has 1 aromatic rings. The molecule has 29 heavy (non-hydrogen) atoms. The van der Waals surface area contributed by atoms with E-state index in [0.717, 1.165) is 0 Å². The van der Waals surface area contributed by atoms with E-state index in [-0.39, 0.29) is 35.7 Å². The van der Waals surface area contributed by atoms with E-state index in [1.54, 1.807) is 13.8 Å². The van der Waals surface area contributed by atoms with Crippen molar-refractivity contribution in [3.63, 3.8) is 0 Å². The van der Waals surface area contributed by atoms with Gasteiger partial charge in [-0.2, -0.15) is 4.31 Å². The lowest BCUT2D eigenvalue weighted by Crippen LogP contribution is -2.49. The van der Waals surface area contributed by atoms with Crippen LogP contribution < -0.4 is 10.6 Å². The Morgan fingerprint density at radius 3 is 2.10 bits per heavy atom. The van der Waals surface area contributed by atoms with E-state index in [2.05, 4.69) is 10.6 Å². The second kappa shape index (κ2) is 9.36. The number of hydrogen-bond acceptors (Lipinski definition) is 5. The van der Waals surface area contributed by atoms with Gasteiger partial charge in [0.05, 0.1) is 4.90 Å². The quantitative estimate of drug-likeness (QED) is 0.603. The van der Waals surface area contributed by atoms with Gasteiger partial charge in [-0.1, -0.05) is 13.8 Å². The predicted molar refractivity (Wildman–Crippen MR) is 107 cm³/mol. The minimum Gasteiger partial charge on any atom is -0.480 e. The number of sulfonamides is 1. The van der Waals surface area contributed by atoms with Crippen LogP contribution in [0, 0.1) is 11.8 Å². The van der Waals surface area contributed by atoms with Gasteiger partial charge in [0.1, 0.15) is 6.04 Å². The van der Waals surface area contributed by atoms with Gasteiger partial charge in [0.15, 0.2) is 0 Å². The van der Waals surface area contributed by atoms with Crippen molar-refractivity contribution in [1.82, 2.24) is 9.62 Å². The van der Waals surface area contributed by atoms with Crippen LogP contribution in [0.3, 0.4) is 0 Å². The van der Waals surface area contributed by atoms with Gasteiger partial charge in [0.2, 0.25) is 21.8 Å². The predicted octanol–water partition coefficient (Wildman–Crippen LogP) is 1.27. The lowest BCUT2D eigenvalue weighted by Gasteiger charge is -2.31. The average Bonchev–Trinajstić information content (AvgIpc) is 2.65. The van der Waals surface area contributed by atoms with Crippen molar-refractivity contribution in [3.05, 3.63) is 24.3 Å². The second-order valence-corrected chi connectivity index (χ2v) is 9.39. The number of carboxylic acid groups (broad SMARTS) is 1. The minimum absolute atomic E-state index is 0.111.